The minimum absolute atomic E-state index is 0.178. The summed E-state index contributed by atoms with van der Waals surface area (Å²) < 4.78 is 5.48. The third-order valence-electron chi connectivity index (χ3n) is 2.95. The van der Waals surface area contributed by atoms with Crippen LogP contribution >= 0.6 is 0 Å². The predicted molar refractivity (Wildman–Crippen MR) is 86.5 cm³/mol. The predicted octanol–water partition coefficient (Wildman–Crippen LogP) is 4.05. The van der Waals surface area contributed by atoms with Gasteiger partial charge in [0.25, 0.3) is 0 Å². The van der Waals surface area contributed by atoms with Gasteiger partial charge in [-0.2, -0.15) is 0 Å². The van der Waals surface area contributed by atoms with Gasteiger partial charge in [-0.3, -0.25) is 4.79 Å². The van der Waals surface area contributed by atoms with Crippen molar-refractivity contribution in [2.24, 2.45) is 0 Å². The first-order valence-electron chi connectivity index (χ1n) is 6.96. The van der Waals surface area contributed by atoms with Gasteiger partial charge in [0.1, 0.15) is 5.75 Å². The topological polar surface area (TPSA) is 38.3 Å². The molecular formula is C18H19NO2. The molecule has 2 aromatic carbocycles. The molecule has 0 spiro atoms. The zero-order chi connectivity index (χ0) is 15.1. The number of aryl methyl sites for hydroxylation is 1. The first kappa shape index (κ1) is 14.9. The third-order valence-corrected chi connectivity index (χ3v) is 2.95. The average molecular weight is 281 g/mol. The molecule has 21 heavy (non-hydrogen) atoms. The van der Waals surface area contributed by atoms with Crippen LogP contribution in [0.2, 0.25) is 0 Å². The molecule has 0 aliphatic heterocycles. The molecule has 0 aliphatic rings. The lowest BCUT2D eigenvalue weighted by molar-refractivity contribution is -0.111. The van der Waals surface area contributed by atoms with E-state index in [1.807, 2.05) is 62.4 Å². The Bertz CT molecular complexity index is 630. The van der Waals surface area contributed by atoms with E-state index in [2.05, 4.69) is 5.32 Å². The Morgan fingerprint density at radius 2 is 1.86 bits per heavy atom. The fourth-order valence-corrected chi connectivity index (χ4v) is 1.88. The normalized spacial score (nSPS) is 10.6. The number of ether oxygens (including phenoxy) is 1. The van der Waals surface area contributed by atoms with Gasteiger partial charge in [0, 0.05) is 6.08 Å². The standard InChI is InChI=1S/C18H19NO2/c1-3-21-17-7-5-4-6-16(17)19-18(20)13-12-15-10-8-14(2)9-11-15/h4-13H,3H2,1-2H3,(H,19,20)/b13-12+. The van der Waals surface area contributed by atoms with Crippen LogP contribution in [0.4, 0.5) is 5.69 Å². The second-order valence-electron chi connectivity index (χ2n) is 4.66. The minimum Gasteiger partial charge on any atom is -0.492 e. The highest BCUT2D eigenvalue weighted by Crippen LogP contribution is 2.23. The number of carbonyl (C=O) groups is 1. The van der Waals surface area contributed by atoms with Crippen LogP contribution in [0.3, 0.4) is 0 Å². The van der Waals surface area contributed by atoms with Gasteiger partial charge in [-0.15, -0.1) is 0 Å². The number of benzene rings is 2. The number of rotatable bonds is 5. The summed E-state index contributed by atoms with van der Waals surface area (Å²) in [5.74, 6) is 0.500. The van der Waals surface area contributed by atoms with E-state index in [4.69, 9.17) is 4.74 Å². The third kappa shape index (κ3) is 4.49. The fourth-order valence-electron chi connectivity index (χ4n) is 1.88. The summed E-state index contributed by atoms with van der Waals surface area (Å²) in [5, 5.41) is 2.83. The summed E-state index contributed by atoms with van der Waals surface area (Å²) in [4.78, 5) is 12.0. The van der Waals surface area contributed by atoms with Crippen molar-refractivity contribution in [1.82, 2.24) is 0 Å². The second-order valence-corrected chi connectivity index (χ2v) is 4.66. The maximum Gasteiger partial charge on any atom is 0.248 e. The molecule has 0 bridgehead atoms. The van der Waals surface area contributed by atoms with E-state index in [0.717, 1.165) is 5.56 Å². The Balaban J connectivity index is 2.03. The molecule has 0 aromatic heterocycles. The molecule has 3 heteroatoms. The van der Waals surface area contributed by atoms with E-state index in [1.54, 1.807) is 6.08 Å². The summed E-state index contributed by atoms with van der Waals surface area (Å²) in [6.07, 6.45) is 3.31. The molecule has 0 saturated carbocycles. The molecule has 0 heterocycles. The van der Waals surface area contributed by atoms with Crippen LogP contribution in [0, 0.1) is 6.92 Å². The van der Waals surface area contributed by atoms with Crippen molar-refractivity contribution < 1.29 is 9.53 Å². The molecule has 2 rings (SSSR count). The number of para-hydroxylation sites is 2. The summed E-state index contributed by atoms with van der Waals surface area (Å²) >= 11 is 0. The second kappa shape index (κ2) is 7.29. The van der Waals surface area contributed by atoms with Crippen LogP contribution in [-0.4, -0.2) is 12.5 Å². The van der Waals surface area contributed by atoms with Crippen molar-refractivity contribution in [2.75, 3.05) is 11.9 Å². The van der Waals surface area contributed by atoms with Crippen molar-refractivity contribution in [3.8, 4) is 5.75 Å². The summed E-state index contributed by atoms with van der Waals surface area (Å²) in [7, 11) is 0. The molecule has 0 aliphatic carbocycles. The lowest BCUT2D eigenvalue weighted by Gasteiger charge is -2.09. The monoisotopic (exact) mass is 281 g/mol. The summed E-state index contributed by atoms with van der Waals surface area (Å²) in [5.41, 5.74) is 2.87. The van der Waals surface area contributed by atoms with Gasteiger partial charge in [0.2, 0.25) is 5.91 Å². The van der Waals surface area contributed by atoms with E-state index in [0.29, 0.717) is 18.0 Å². The lowest BCUT2D eigenvalue weighted by atomic mass is 10.1. The molecule has 3 nitrogen and oxygen atoms in total. The zero-order valence-corrected chi connectivity index (χ0v) is 12.3. The number of carbonyl (C=O) groups excluding carboxylic acids is 1. The average Bonchev–Trinajstić information content (AvgIpc) is 2.49. The van der Waals surface area contributed by atoms with E-state index >= 15 is 0 Å². The van der Waals surface area contributed by atoms with Crippen molar-refractivity contribution in [3.05, 3.63) is 65.7 Å². The highest BCUT2D eigenvalue weighted by molar-refractivity contribution is 6.02. The first-order chi connectivity index (χ1) is 10.2. The molecule has 108 valence electrons. The highest BCUT2D eigenvalue weighted by Gasteiger charge is 2.04. The van der Waals surface area contributed by atoms with Crippen molar-refractivity contribution in [2.45, 2.75) is 13.8 Å². The molecule has 0 radical (unpaired) electrons. The maximum atomic E-state index is 12.0. The van der Waals surface area contributed by atoms with Crippen LogP contribution in [0.25, 0.3) is 6.08 Å². The Morgan fingerprint density at radius 3 is 2.57 bits per heavy atom. The number of amides is 1. The molecule has 2 aromatic rings. The van der Waals surface area contributed by atoms with Gasteiger partial charge in [0.05, 0.1) is 12.3 Å². The van der Waals surface area contributed by atoms with E-state index in [-0.39, 0.29) is 5.91 Å². The van der Waals surface area contributed by atoms with E-state index < -0.39 is 0 Å². The van der Waals surface area contributed by atoms with E-state index in [9.17, 15) is 4.79 Å². The van der Waals surface area contributed by atoms with Gasteiger partial charge in [-0.05, 0) is 37.6 Å². The summed E-state index contributed by atoms with van der Waals surface area (Å²) in [6.45, 7) is 4.51. The fraction of sp³-hybridized carbons (Fsp3) is 0.167. The molecule has 0 atom stereocenters. The van der Waals surface area contributed by atoms with Crippen molar-refractivity contribution in [3.63, 3.8) is 0 Å². The smallest absolute Gasteiger partial charge is 0.248 e. The molecular weight excluding hydrogens is 262 g/mol. The van der Waals surface area contributed by atoms with Crippen molar-refractivity contribution in [1.29, 1.82) is 0 Å². The van der Waals surface area contributed by atoms with Crippen LogP contribution in [0.1, 0.15) is 18.1 Å². The number of hydrogen-bond donors (Lipinski definition) is 1. The van der Waals surface area contributed by atoms with Crippen LogP contribution in [0.5, 0.6) is 5.75 Å². The van der Waals surface area contributed by atoms with Gasteiger partial charge in [0.15, 0.2) is 0 Å². The van der Waals surface area contributed by atoms with Gasteiger partial charge < -0.3 is 10.1 Å². The molecule has 1 N–H and O–H groups in total. The first-order valence-corrected chi connectivity index (χ1v) is 6.96. The Hall–Kier alpha value is -2.55. The molecule has 0 unspecified atom stereocenters. The molecule has 0 fully saturated rings. The van der Waals surface area contributed by atoms with Crippen LogP contribution < -0.4 is 10.1 Å². The van der Waals surface area contributed by atoms with Gasteiger partial charge >= 0.3 is 0 Å². The Kier molecular flexibility index (Phi) is 5.16. The van der Waals surface area contributed by atoms with E-state index in [1.165, 1.54) is 11.6 Å². The molecule has 1 amide bonds. The maximum absolute atomic E-state index is 12.0. The van der Waals surface area contributed by atoms with Crippen LogP contribution in [-0.2, 0) is 4.79 Å². The molecule has 0 saturated heterocycles. The highest BCUT2D eigenvalue weighted by atomic mass is 16.5. The summed E-state index contributed by atoms with van der Waals surface area (Å²) in [6, 6.07) is 15.4. The van der Waals surface area contributed by atoms with Gasteiger partial charge in [-0.1, -0.05) is 42.0 Å². The number of hydrogen-bond acceptors (Lipinski definition) is 2. The van der Waals surface area contributed by atoms with Crippen LogP contribution in [0.15, 0.2) is 54.6 Å². The lowest BCUT2D eigenvalue weighted by Crippen LogP contribution is -2.09. The number of anilines is 1. The zero-order valence-electron chi connectivity index (χ0n) is 12.3. The largest absolute Gasteiger partial charge is 0.492 e. The Morgan fingerprint density at radius 1 is 1.14 bits per heavy atom. The number of nitrogens with one attached hydrogen (secondary N) is 1. The SMILES string of the molecule is CCOc1ccccc1NC(=O)/C=C/c1ccc(C)cc1. The Labute approximate surface area is 125 Å². The van der Waals surface area contributed by atoms with Crippen molar-refractivity contribution >= 4 is 17.7 Å². The van der Waals surface area contributed by atoms with Gasteiger partial charge in [-0.25, -0.2) is 0 Å². The minimum atomic E-state index is -0.178. The quantitative estimate of drug-likeness (QED) is 0.840.